The van der Waals surface area contributed by atoms with Gasteiger partial charge < -0.3 is 10.1 Å². The molecule has 0 amide bonds. The average Bonchev–Trinajstić information content (AvgIpc) is 2.49. The maximum absolute atomic E-state index is 5.42. The van der Waals surface area contributed by atoms with E-state index < -0.39 is 0 Å². The SMILES string of the molecule is COCC(C)(CNCc1ccccc1)c1ccccc1. The van der Waals surface area contributed by atoms with Gasteiger partial charge in [0.15, 0.2) is 0 Å². The second-order valence-electron chi connectivity index (χ2n) is 5.45. The zero-order chi connectivity index (χ0) is 14.3. The van der Waals surface area contributed by atoms with Crippen molar-refractivity contribution in [2.45, 2.75) is 18.9 Å². The van der Waals surface area contributed by atoms with Gasteiger partial charge in [-0.3, -0.25) is 0 Å². The van der Waals surface area contributed by atoms with Crippen molar-refractivity contribution in [3.05, 3.63) is 71.8 Å². The van der Waals surface area contributed by atoms with Crippen LogP contribution >= 0.6 is 0 Å². The van der Waals surface area contributed by atoms with E-state index in [1.165, 1.54) is 11.1 Å². The van der Waals surface area contributed by atoms with Gasteiger partial charge in [0.05, 0.1) is 6.61 Å². The van der Waals surface area contributed by atoms with E-state index in [0.717, 1.165) is 13.1 Å². The Morgan fingerprint density at radius 3 is 2.15 bits per heavy atom. The maximum Gasteiger partial charge on any atom is 0.0568 e. The third-order valence-electron chi connectivity index (χ3n) is 3.62. The van der Waals surface area contributed by atoms with Crippen LogP contribution in [0.5, 0.6) is 0 Å². The average molecular weight is 269 g/mol. The summed E-state index contributed by atoms with van der Waals surface area (Å²) in [5.74, 6) is 0. The summed E-state index contributed by atoms with van der Waals surface area (Å²) in [6.07, 6.45) is 0. The summed E-state index contributed by atoms with van der Waals surface area (Å²) in [7, 11) is 1.76. The van der Waals surface area contributed by atoms with Crippen LogP contribution in [0.25, 0.3) is 0 Å². The predicted molar refractivity (Wildman–Crippen MR) is 83.8 cm³/mol. The van der Waals surface area contributed by atoms with Gasteiger partial charge in [-0.25, -0.2) is 0 Å². The minimum Gasteiger partial charge on any atom is -0.384 e. The standard InChI is InChI=1S/C18H23NO/c1-18(15-20-2,17-11-7-4-8-12-17)14-19-13-16-9-5-3-6-10-16/h3-12,19H,13-15H2,1-2H3. The molecule has 0 saturated heterocycles. The molecule has 2 nitrogen and oxygen atoms in total. The maximum atomic E-state index is 5.42. The van der Waals surface area contributed by atoms with E-state index in [1.807, 2.05) is 12.1 Å². The highest BCUT2D eigenvalue weighted by atomic mass is 16.5. The van der Waals surface area contributed by atoms with E-state index in [-0.39, 0.29) is 5.41 Å². The molecule has 0 aliphatic carbocycles. The number of hydrogen-bond acceptors (Lipinski definition) is 2. The van der Waals surface area contributed by atoms with Crippen LogP contribution < -0.4 is 5.32 Å². The van der Waals surface area contributed by atoms with Gasteiger partial charge >= 0.3 is 0 Å². The van der Waals surface area contributed by atoms with Crippen molar-refractivity contribution in [1.82, 2.24) is 5.32 Å². The molecule has 0 aromatic heterocycles. The summed E-state index contributed by atoms with van der Waals surface area (Å²) in [5.41, 5.74) is 2.60. The van der Waals surface area contributed by atoms with Crippen molar-refractivity contribution >= 4 is 0 Å². The molecule has 0 heterocycles. The van der Waals surface area contributed by atoms with E-state index >= 15 is 0 Å². The van der Waals surface area contributed by atoms with E-state index in [0.29, 0.717) is 6.61 Å². The Morgan fingerprint density at radius 1 is 0.950 bits per heavy atom. The van der Waals surface area contributed by atoms with Crippen molar-refractivity contribution in [3.8, 4) is 0 Å². The van der Waals surface area contributed by atoms with Crippen molar-refractivity contribution < 1.29 is 4.74 Å². The molecule has 0 aliphatic rings. The highest BCUT2D eigenvalue weighted by Gasteiger charge is 2.26. The van der Waals surface area contributed by atoms with Gasteiger partial charge in [0.1, 0.15) is 0 Å². The summed E-state index contributed by atoms with van der Waals surface area (Å²) in [6.45, 7) is 4.72. The zero-order valence-electron chi connectivity index (χ0n) is 12.3. The first-order valence-electron chi connectivity index (χ1n) is 7.04. The van der Waals surface area contributed by atoms with E-state index in [1.54, 1.807) is 7.11 Å². The summed E-state index contributed by atoms with van der Waals surface area (Å²) in [5, 5.41) is 3.55. The number of nitrogens with one attached hydrogen (secondary N) is 1. The Balaban J connectivity index is 1.99. The molecule has 0 aliphatic heterocycles. The number of rotatable bonds is 7. The van der Waals surface area contributed by atoms with Gasteiger partial charge in [0.2, 0.25) is 0 Å². The van der Waals surface area contributed by atoms with E-state index in [2.05, 4.69) is 60.8 Å². The molecule has 20 heavy (non-hydrogen) atoms. The number of methoxy groups -OCH3 is 1. The Morgan fingerprint density at radius 2 is 1.55 bits per heavy atom. The minimum atomic E-state index is -0.00914. The molecule has 106 valence electrons. The number of benzene rings is 2. The van der Waals surface area contributed by atoms with Gasteiger partial charge in [-0.05, 0) is 11.1 Å². The molecule has 0 spiro atoms. The fourth-order valence-corrected chi connectivity index (χ4v) is 2.47. The molecule has 2 aromatic carbocycles. The van der Waals surface area contributed by atoms with Gasteiger partial charge in [-0.1, -0.05) is 67.6 Å². The van der Waals surface area contributed by atoms with Crippen molar-refractivity contribution in [2.75, 3.05) is 20.3 Å². The molecule has 0 saturated carbocycles. The molecule has 1 unspecified atom stereocenters. The lowest BCUT2D eigenvalue weighted by Gasteiger charge is -2.30. The molecule has 1 atom stereocenters. The summed E-state index contributed by atoms with van der Waals surface area (Å²) in [4.78, 5) is 0. The zero-order valence-corrected chi connectivity index (χ0v) is 12.3. The fourth-order valence-electron chi connectivity index (χ4n) is 2.47. The van der Waals surface area contributed by atoms with Crippen molar-refractivity contribution in [3.63, 3.8) is 0 Å². The highest BCUT2D eigenvalue weighted by molar-refractivity contribution is 5.25. The van der Waals surface area contributed by atoms with Crippen LogP contribution in [0.1, 0.15) is 18.1 Å². The monoisotopic (exact) mass is 269 g/mol. The van der Waals surface area contributed by atoms with Crippen LogP contribution in [-0.2, 0) is 16.7 Å². The smallest absolute Gasteiger partial charge is 0.0568 e. The van der Waals surface area contributed by atoms with Crippen LogP contribution in [0.4, 0.5) is 0 Å². The summed E-state index contributed by atoms with van der Waals surface area (Å²) >= 11 is 0. The first-order chi connectivity index (χ1) is 9.74. The van der Waals surface area contributed by atoms with Crippen LogP contribution in [0.3, 0.4) is 0 Å². The van der Waals surface area contributed by atoms with Crippen molar-refractivity contribution in [2.24, 2.45) is 0 Å². The molecule has 2 heteroatoms. The van der Waals surface area contributed by atoms with Crippen molar-refractivity contribution in [1.29, 1.82) is 0 Å². The second kappa shape index (κ2) is 7.22. The Labute approximate surface area is 121 Å². The highest BCUT2D eigenvalue weighted by Crippen LogP contribution is 2.23. The topological polar surface area (TPSA) is 21.3 Å². The molecule has 0 fully saturated rings. The van der Waals surface area contributed by atoms with Crippen LogP contribution in [-0.4, -0.2) is 20.3 Å². The van der Waals surface area contributed by atoms with Crippen LogP contribution in [0, 0.1) is 0 Å². The van der Waals surface area contributed by atoms with Gasteiger partial charge in [-0.15, -0.1) is 0 Å². The predicted octanol–water partition coefficient (Wildman–Crippen LogP) is 3.38. The molecule has 1 N–H and O–H groups in total. The molecule has 2 aromatic rings. The number of hydrogen-bond donors (Lipinski definition) is 1. The van der Waals surface area contributed by atoms with Gasteiger partial charge in [0.25, 0.3) is 0 Å². The molecule has 2 rings (SSSR count). The quantitative estimate of drug-likeness (QED) is 0.832. The molecular weight excluding hydrogens is 246 g/mol. The first kappa shape index (κ1) is 14.8. The third kappa shape index (κ3) is 3.92. The number of ether oxygens (including phenoxy) is 1. The summed E-state index contributed by atoms with van der Waals surface area (Å²) < 4.78 is 5.42. The Bertz CT molecular complexity index is 497. The normalized spacial score (nSPS) is 13.9. The lowest BCUT2D eigenvalue weighted by atomic mass is 9.83. The Kier molecular flexibility index (Phi) is 5.33. The van der Waals surface area contributed by atoms with E-state index in [4.69, 9.17) is 4.74 Å². The van der Waals surface area contributed by atoms with Crippen LogP contribution in [0.15, 0.2) is 60.7 Å². The fraction of sp³-hybridized carbons (Fsp3) is 0.333. The lowest BCUT2D eigenvalue weighted by Crippen LogP contribution is -2.39. The third-order valence-corrected chi connectivity index (χ3v) is 3.62. The van der Waals surface area contributed by atoms with E-state index in [9.17, 15) is 0 Å². The summed E-state index contributed by atoms with van der Waals surface area (Å²) in [6, 6.07) is 21.0. The first-order valence-corrected chi connectivity index (χ1v) is 7.04. The second-order valence-corrected chi connectivity index (χ2v) is 5.45. The minimum absolute atomic E-state index is 0.00914. The van der Waals surface area contributed by atoms with Gasteiger partial charge in [-0.2, -0.15) is 0 Å². The molecule has 0 radical (unpaired) electrons. The van der Waals surface area contributed by atoms with Gasteiger partial charge in [0, 0.05) is 25.6 Å². The van der Waals surface area contributed by atoms with Crippen LogP contribution in [0.2, 0.25) is 0 Å². The largest absolute Gasteiger partial charge is 0.384 e. The lowest BCUT2D eigenvalue weighted by molar-refractivity contribution is 0.136. The molecule has 0 bridgehead atoms. The Hall–Kier alpha value is -1.64. The molecular formula is C18H23NO.